The van der Waals surface area contributed by atoms with Crippen molar-refractivity contribution >= 4 is 21.9 Å². The number of para-hydroxylation sites is 1. The van der Waals surface area contributed by atoms with Crippen LogP contribution in [0, 0.1) is 6.92 Å². The molecule has 2 heterocycles. The number of hydrogen-bond donors (Lipinski definition) is 0. The van der Waals surface area contributed by atoms with Crippen LogP contribution >= 0.6 is 0 Å². The number of fused-ring (bicyclic) bond motifs is 3. The lowest BCUT2D eigenvalue weighted by Crippen LogP contribution is -1.90. The molecule has 4 aromatic rings. The fraction of sp³-hybridized carbons (Fsp3) is 0.292. The van der Waals surface area contributed by atoms with Gasteiger partial charge in [0.2, 0.25) is 0 Å². The first-order valence-electron chi connectivity index (χ1n) is 9.37. The monoisotopic (exact) mass is 343 g/mol. The Morgan fingerprint density at radius 2 is 1.58 bits per heavy atom. The first-order chi connectivity index (χ1) is 12.5. The molecule has 0 saturated heterocycles. The van der Waals surface area contributed by atoms with Gasteiger partial charge in [-0.3, -0.25) is 4.98 Å². The lowest BCUT2D eigenvalue weighted by molar-refractivity contribution is 0.666. The molecule has 132 valence electrons. The molecular formula is C24H25NO. The lowest BCUT2D eigenvalue weighted by Gasteiger charge is -2.07. The van der Waals surface area contributed by atoms with E-state index >= 15 is 0 Å². The van der Waals surface area contributed by atoms with Crippen LogP contribution in [0.15, 0.2) is 53.1 Å². The summed E-state index contributed by atoms with van der Waals surface area (Å²) < 4.78 is 6.36. The summed E-state index contributed by atoms with van der Waals surface area (Å²) in [6.07, 6.45) is 1.90. The Hall–Kier alpha value is -2.61. The van der Waals surface area contributed by atoms with Crippen LogP contribution in [0.25, 0.3) is 33.2 Å². The van der Waals surface area contributed by atoms with Gasteiger partial charge < -0.3 is 4.42 Å². The molecule has 0 aliphatic heterocycles. The molecule has 0 amide bonds. The van der Waals surface area contributed by atoms with Gasteiger partial charge in [-0.05, 0) is 59.7 Å². The van der Waals surface area contributed by atoms with Crippen molar-refractivity contribution in [3.8, 4) is 11.3 Å². The zero-order valence-corrected chi connectivity index (χ0v) is 16.1. The molecule has 0 aliphatic carbocycles. The molecule has 2 heteroatoms. The van der Waals surface area contributed by atoms with Gasteiger partial charge in [0.05, 0.1) is 5.69 Å². The van der Waals surface area contributed by atoms with Gasteiger partial charge in [-0.25, -0.2) is 0 Å². The van der Waals surface area contributed by atoms with E-state index < -0.39 is 0 Å². The van der Waals surface area contributed by atoms with Crippen LogP contribution in [0.2, 0.25) is 0 Å². The minimum Gasteiger partial charge on any atom is -0.455 e. The molecule has 4 rings (SSSR count). The number of pyridine rings is 1. The Labute approximate surface area is 154 Å². The maximum atomic E-state index is 6.36. The standard InChI is InChI=1S/C24H25NO/c1-14(2)17-9-10-25-22(13-17)20-8-6-7-19-21-12-18(15(3)4)11-16(5)23(21)26-24(19)20/h6-15H,1-5H3. The molecule has 0 aliphatic rings. The van der Waals surface area contributed by atoms with Gasteiger partial charge in [0.25, 0.3) is 0 Å². The summed E-state index contributed by atoms with van der Waals surface area (Å²) >= 11 is 0. The smallest absolute Gasteiger partial charge is 0.144 e. The van der Waals surface area contributed by atoms with Crippen molar-refractivity contribution in [2.24, 2.45) is 0 Å². The number of hydrogen-bond acceptors (Lipinski definition) is 2. The quantitative estimate of drug-likeness (QED) is 0.393. The van der Waals surface area contributed by atoms with E-state index in [1.807, 2.05) is 6.20 Å². The Kier molecular flexibility index (Phi) is 4.07. The van der Waals surface area contributed by atoms with Crippen molar-refractivity contribution in [3.05, 3.63) is 65.4 Å². The van der Waals surface area contributed by atoms with Gasteiger partial charge in [0, 0.05) is 22.5 Å². The van der Waals surface area contributed by atoms with E-state index in [4.69, 9.17) is 4.42 Å². The van der Waals surface area contributed by atoms with Crippen LogP contribution in [0.3, 0.4) is 0 Å². The van der Waals surface area contributed by atoms with Gasteiger partial charge in [-0.15, -0.1) is 0 Å². The fourth-order valence-electron chi connectivity index (χ4n) is 3.59. The zero-order chi connectivity index (χ0) is 18.4. The molecule has 0 N–H and O–H groups in total. The van der Waals surface area contributed by atoms with Crippen molar-refractivity contribution < 1.29 is 4.42 Å². The number of furan rings is 1. The Balaban J connectivity index is 2.01. The predicted molar refractivity (Wildman–Crippen MR) is 110 cm³/mol. The fourth-order valence-corrected chi connectivity index (χ4v) is 3.59. The third kappa shape index (κ3) is 2.70. The molecule has 2 aromatic carbocycles. The Morgan fingerprint density at radius 3 is 2.31 bits per heavy atom. The zero-order valence-electron chi connectivity index (χ0n) is 16.1. The highest BCUT2D eigenvalue weighted by atomic mass is 16.3. The Bertz CT molecular complexity index is 1100. The molecule has 0 spiro atoms. The summed E-state index contributed by atoms with van der Waals surface area (Å²) in [7, 11) is 0. The van der Waals surface area contributed by atoms with Crippen molar-refractivity contribution in [1.82, 2.24) is 4.98 Å². The second kappa shape index (κ2) is 6.28. The predicted octanol–water partition coefficient (Wildman–Crippen LogP) is 7.20. The van der Waals surface area contributed by atoms with Crippen molar-refractivity contribution in [1.29, 1.82) is 0 Å². The molecule has 0 atom stereocenters. The van der Waals surface area contributed by atoms with E-state index in [1.54, 1.807) is 0 Å². The van der Waals surface area contributed by atoms with Crippen LogP contribution in [0.5, 0.6) is 0 Å². The third-order valence-corrected chi connectivity index (χ3v) is 5.20. The molecule has 2 nitrogen and oxygen atoms in total. The average Bonchev–Trinajstić information content (AvgIpc) is 3.01. The summed E-state index contributed by atoms with van der Waals surface area (Å²) in [5.41, 5.74) is 7.78. The number of aryl methyl sites for hydroxylation is 1. The summed E-state index contributed by atoms with van der Waals surface area (Å²) in [6, 6.07) is 15.2. The van der Waals surface area contributed by atoms with Crippen LogP contribution in [-0.2, 0) is 0 Å². The average molecular weight is 343 g/mol. The van der Waals surface area contributed by atoms with Gasteiger partial charge in [0.1, 0.15) is 11.2 Å². The van der Waals surface area contributed by atoms with Gasteiger partial charge >= 0.3 is 0 Å². The molecule has 0 saturated carbocycles. The van der Waals surface area contributed by atoms with Crippen LogP contribution in [0.4, 0.5) is 0 Å². The minimum absolute atomic E-state index is 0.475. The normalized spacial score (nSPS) is 12.0. The highest BCUT2D eigenvalue weighted by Gasteiger charge is 2.16. The molecule has 0 radical (unpaired) electrons. The van der Waals surface area contributed by atoms with E-state index in [0.29, 0.717) is 11.8 Å². The maximum absolute atomic E-state index is 6.36. The number of nitrogens with zero attached hydrogens (tertiary/aromatic N) is 1. The van der Waals surface area contributed by atoms with Crippen molar-refractivity contribution in [2.75, 3.05) is 0 Å². The van der Waals surface area contributed by atoms with Crippen molar-refractivity contribution in [2.45, 2.75) is 46.5 Å². The van der Waals surface area contributed by atoms with E-state index in [1.165, 1.54) is 27.5 Å². The first kappa shape index (κ1) is 16.8. The van der Waals surface area contributed by atoms with Gasteiger partial charge in [0.15, 0.2) is 0 Å². The SMILES string of the molecule is Cc1cc(C(C)C)cc2c1oc1c(-c3cc(C(C)C)ccn3)cccc12. The number of aromatic nitrogens is 1. The Morgan fingerprint density at radius 1 is 0.808 bits per heavy atom. The second-order valence-electron chi connectivity index (χ2n) is 7.78. The molecule has 0 bridgehead atoms. The van der Waals surface area contributed by atoms with E-state index in [2.05, 4.69) is 82.1 Å². The molecule has 0 fully saturated rings. The van der Waals surface area contributed by atoms with Crippen LogP contribution < -0.4 is 0 Å². The van der Waals surface area contributed by atoms with E-state index in [9.17, 15) is 0 Å². The van der Waals surface area contributed by atoms with E-state index in [0.717, 1.165) is 22.4 Å². The first-order valence-corrected chi connectivity index (χ1v) is 9.37. The second-order valence-corrected chi connectivity index (χ2v) is 7.78. The number of rotatable bonds is 3. The number of benzene rings is 2. The van der Waals surface area contributed by atoms with Gasteiger partial charge in [-0.2, -0.15) is 0 Å². The van der Waals surface area contributed by atoms with Crippen molar-refractivity contribution in [3.63, 3.8) is 0 Å². The molecular weight excluding hydrogens is 318 g/mol. The van der Waals surface area contributed by atoms with Gasteiger partial charge in [-0.1, -0.05) is 45.9 Å². The summed E-state index contributed by atoms with van der Waals surface area (Å²) in [4.78, 5) is 4.62. The summed E-state index contributed by atoms with van der Waals surface area (Å²) in [6.45, 7) is 11.0. The van der Waals surface area contributed by atoms with Crippen LogP contribution in [0.1, 0.15) is 56.2 Å². The lowest BCUT2D eigenvalue weighted by atomic mass is 9.97. The van der Waals surface area contributed by atoms with E-state index in [-0.39, 0.29) is 0 Å². The maximum Gasteiger partial charge on any atom is 0.144 e. The highest BCUT2D eigenvalue weighted by Crippen LogP contribution is 2.38. The summed E-state index contributed by atoms with van der Waals surface area (Å²) in [5, 5.41) is 2.37. The molecule has 2 aromatic heterocycles. The topological polar surface area (TPSA) is 26.0 Å². The molecule has 26 heavy (non-hydrogen) atoms. The minimum atomic E-state index is 0.475. The summed E-state index contributed by atoms with van der Waals surface area (Å²) in [5.74, 6) is 0.970. The highest BCUT2D eigenvalue weighted by molar-refractivity contribution is 6.10. The third-order valence-electron chi connectivity index (χ3n) is 5.20. The van der Waals surface area contributed by atoms with Crippen LogP contribution in [-0.4, -0.2) is 4.98 Å². The largest absolute Gasteiger partial charge is 0.455 e. The molecule has 0 unspecified atom stereocenters.